The summed E-state index contributed by atoms with van der Waals surface area (Å²) in [5, 5.41) is 0.687. The van der Waals surface area contributed by atoms with Gasteiger partial charge < -0.3 is 0 Å². The van der Waals surface area contributed by atoms with Gasteiger partial charge in [0, 0.05) is 11.4 Å². The van der Waals surface area contributed by atoms with Gasteiger partial charge in [-0.25, -0.2) is 5.84 Å². The molecule has 0 saturated carbocycles. The molecule has 0 bridgehead atoms. The molecule has 70 valence electrons. The molecular weight excluding hydrogens is 188 g/mol. The highest BCUT2D eigenvalue weighted by Gasteiger charge is 2.02. The standard InChI is InChI=1S/C9H11ClN2O/c10-8-4-2-1-3-7(8)5-6-9(13)12-11/h1-4H,5-6,11H2,(H,12,13). The second-order valence-corrected chi connectivity index (χ2v) is 3.07. The number of hydrogen-bond acceptors (Lipinski definition) is 2. The highest BCUT2D eigenvalue weighted by atomic mass is 35.5. The lowest BCUT2D eigenvalue weighted by atomic mass is 10.1. The molecule has 0 aliphatic carbocycles. The van der Waals surface area contributed by atoms with E-state index in [1.165, 1.54) is 0 Å². The van der Waals surface area contributed by atoms with E-state index in [1.807, 2.05) is 18.2 Å². The minimum Gasteiger partial charge on any atom is -0.294 e. The maximum absolute atomic E-state index is 10.8. The first-order valence-electron chi connectivity index (χ1n) is 3.97. The Labute approximate surface area is 81.9 Å². The van der Waals surface area contributed by atoms with Crippen molar-refractivity contribution in [3.05, 3.63) is 34.9 Å². The van der Waals surface area contributed by atoms with Crippen molar-refractivity contribution in [1.82, 2.24) is 5.43 Å². The lowest BCUT2D eigenvalue weighted by Gasteiger charge is -2.02. The van der Waals surface area contributed by atoms with Crippen LogP contribution in [0.15, 0.2) is 24.3 Å². The molecule has 0 saturated heterocycles. The van der Waals surface area contributed by atoms with E-state index in [4.69, 9.17) is 17.4 Å². The van der Waals surface area contributed by atoms with Gasteiger partial charge in [0.2, 0.25) is 5.91 Å². The van der Waals surface area contributed by atoms with Gasteiger partial charge >= 0.3 is 0 Å². The van der Waals surface area contributed by atoms with Gasteiger partial charge in [0.05, 0.1) is 0 Å². The molecule has 0 radical (unpaired) electrons. The molecule has 0 spiro atoms. The van der Waals surface area contributed by atoms with E-state index in [-0.39, 0.29) is 5.91 Å². The maximum atomic E-state index is 10.8. The second-order valence-electron chi connectivity index (χ2n) is 2.66. The Morgan fingerprint density at radius 1 is 1.46 bits per heavy atom. The molecule has 1 amide bonds. The number of benzene rings is 1. The number of aryl methyl sites for hydroxylation is 1. The zero-order valence-electron chi connectivity index (χ0n) is 7.09. The van der Waals surface area contributed by atoms with Crippen LogP contribution in [0.4, 0.5) is 0 Å². The van der Waals surface area contributed by atoms with Gasteiger partial charge in [0.25, 0.3) is 0 Å². The van der Waals surface area contributed by atoms with Gasteiger partial charge in [-0.05, 0) is 18.1 Å². The van der Waals surface area contributed by atoms with Crippen LogP contribution in [0.1, 0.15) is 12.0 Å². The van der Waals surface area contributed by atoms with Crippen LogP contribution in [0.3, 0.4) is 0 Å². The van der Waals surface area contributed by atoms with Crippen LogP contribution in [-0.2, 0) is 11.2 Å². The van der Waals surface area contributed by atoms with Crippen LogP contribution in [0.25, 0.3) is 0 Å². The Morgan fingerprint density at radius 2 is 2.15 bits per heavy atom. The molecule has 3 nitrogen and oxygen atoms in total. The Bertz CT molecular complexity index is 301. The number of carbonyl (C=O) groups is 1. The van der Waals surface area contributed by atoms with Crippen molar-refractivity contribution < 1.29 is 4.79 Å². The molecule has 0 aliphatic rings. The molecule has 0 fully saturated rings. The summed E-state index contributed by atoms with van der Waals surface area (Å²) in [6, 6.07) is 7.44. The van der Waals surface area contributed by atoms with Gasteiger partial charge in [-0.1, -0.05) is 29.8 Å². The van der Waals surface area contributed by atoms with E-state index >= 15 is 0 Å². The number of hydrazine groups is 1. The molecule has 4 heteroatoms. The number of halogens is 1. The quantitative estimate of drug-likeness (QED) is 0.437. The van der Waals surface area contributed by atoms with Crippen molar-refractivity contribution in [1.29, 1.82) is 0 Å². The number of nitrogens with two attached hydrogens (primary N) is 1. The van der Waals surface area contributed by atoms with E-state index in [0.717, 1.165) is 5.56 Å². The highest BCUT2D eigenvalue weighted by molar-refractivity contribution is 6.31. The minimum absolute atomic E-state index is 0.181. The van der Waals surface area contributed by atoms with E-state index in [1.54, 1.807) is 6.07 Å². The normalized spacial score (nSPS) is 9.69. The zero-order valence-corrected chi connectivity index (χ0v) is 7.84. The molecule has 3 N–H and O–H groups in total. The van der Waals surface area contributed by atoms with Crippen LogP contribution in [-0.4, -0.2) is 5.91 Å². The van der Waals surface area contributed by atoms with E-state index in [0.29, 0.717) is 17.9 Å². The third kappa shape index (κ3) is 3.05. The number of nitrogens with one attached hydrogen (secondary N) is 1. The Morgan fingerprint density at radius 3 is 2.77 bits per heavy atom. The topological polar surface area (TPSA) is 55.1 Å². The van der Waals surface area contributed by atoms with Crippen molar-refractivity contribution in [2.75, 3.05) is 0 Å². The first kappa shape index (κ1) is 10.0. The fourth-order valence-electron chi connectivity index (χ4n) is 1.02. The van der Waals surface area contributed by atoms with Gasteiger partial charge in [-0.2, -0.15) is 0 Å². The number of hydrogen-bond donors (Lipinski definition) is 2. The average molecular weight is 199 g/mol. The SMILES string of the molecule is NNC(=O)CCc1ccccc1Cl. The fourth-order valence-corrected chi connectivity index (χ4v) is 1.25. The van der Waals surface area contributed by atoms with Gasteiger partial charge in [-0.15, -0.1) is 0 Å². The summed E-state index contributed by atoms with van der Waals surface area (Å²) in [4.78, 5) is 10.8. The van der Waals surface area contributed by atoms with Crippen molar-refractivity contribution in [2.45, 2.75) is 12.8 Å². The largest absolute Gasteiger partial charge is 0.294 e. The Balaban J connectivity index is 2.54. The molecule has 1 aromatic carbocycles. The van der Waals surface area contributed by atoms with Gasteiger partial charge in [0.15, 0.2) is 0 Å². The summed E-state index contributed by atoms with van der Waals surface area (Å²) in [7, 11) is 0. The minimum atomic E-state index is -0.181. The molecular formula is C9H11ClN2O. The Hall–Kier alpha value is -1.06. The summed E-state index contributed by atoms with van der Waals surface area (Å²) < 4.78 is 0. The summed E-state index contributed by atoms with van der Waals surface area (Å²) in [6.45, 7) is 0. The molecule has 0 aliphatic heterocycles. The summed E-state index contributed by atoms with van der Waals surface area (Å²) >= 11 is 5.89. The van der Waals surface area contributed by atoms with Crippen LogP contribution >= 0.6 is 11.6 Å². The van der Waals surface area contributed by atoms with E-state index in [9.17, 15) is 4.79 Å². The molecule has 0 unspecified atom stereocenters. The van der Waals surface area contributed by atoms with Crippen LogP contribution in [0.2, 0.25) is 5.02 Å². The lowest BCUT2D eigenvalue weighted by molar-refractivity contribution is -0.121. The van der Waals surface area contributed by atoms with Crippen LogP contribution in [0, 0.1) is 0 Å². The molecule has 0 aromatic heterocycles. The van der Waals surface area contributed by atoms with Crippen LogP contribution in [0.5, 0.6) is 0 Å². The monoisotopic (exact) mass is 198 g/mol. The number of carbonyl (C=O) groups excluding carboxylic acids is 1. The third-order valence-corrected chi connectivity index (χ3v) is 2.11. The van der Waals surface area contributed by atoms with Gasteiger partial charge in [0.1, 0.15) is 0 Å². The summed E-state index contributed by atoms with van der Waals surface area (Å²) in [5.41, 5.74) is 3.04. The molecule has 0 atom stereocenters. The predicted molar refractivity (Wildman–Crippen MR) is 52.1 cm³/mol. The van der Waals surface area contributed by atoms with E-state index < -0.39 is 0 Å². The van der Waals surface area contributed by atoms with Crippen molar-refractivity contribution >= 4 is 17.5 Å². The summed E-state index contributed by atoms with van der Waals surface area (Å²) in [6.07, 6.45) is 0.975. The lowest BCUT2D eigenvalue weighted by Crippen LogP contribution is -2.30. The fraction of sp³-hybridized carbons (Fsp3) is 0.222. The van der Waals surface area contributed by atoms with E-state index in [2.05, 4.69) is 5.43 Å². The third-order valence-electron chi connectivity index (χ3n) is 1.74. The summed E-state index contributed by atoms with van der Waals surface area (Å²) in [5.74, 6) is 4.76. The smallest absolute Gasteiger partial charge is 0.234 e. The first-order chi connectivity index (χ1) is 6.24. The Kier molecular flexibility index (Phi) is 3.73. The van der Waals surface area contributed by atoms with Crippen LogP contribution < -0.4 is 11.3 Å². The van der Waals surface area contributed by atoms with Crippen molar-refractivity contribution in [3.8, 4) is 0 Å². The molecule has 1 aromatic rings. The van der Waals surface area contributed by atoms with Crippen molar-refractivity contribution in [2.24, 2.45) is 5.84 Å². The highest BCUT2D eigenvalue weighted by Crippen LogP contribution is 2.16. The molecule has 0 heterocycles. The maximum Gasteiger partial charge on any atom is 0.234 e. The average Bonchev–Trinajstić information content (AvgIpc) is 2.16. The van der Waals surface area contributed by atoms with Gasteiger partial charge in [-0.3, -0.25) is 10.2 Å². The number of amides is 1. The number of rotatable bonds is 3. The first-order valence-corrected chi connectivity index (χ1v) is 4.34. The predicted octanol–water partition coefficient (Wildman–Crippen LogP) is 1.26. The zero-order chi connectivity index (χ0) is 9.68. The molecule has 13 heavy (non-hydrogen) atoms. The second kappa shape index (κ2) is 4.84. The molecule has 1 rings (SSSR count). The van der Waals surface area contributed by atoms with Crippen molar-refractivity contribution in [3.63, 3.8) is 0 Å².